The molecule has 0 aromatic carbocycles. The Balaban J connectivity index is 2.74. The number of carbonyl (C=O) groups is 1. The Labute approximate surface area is 99.4 Å². The lowest BCUT2D eigenvalue weighted by Crippen LogP contribution is -2.37. The molecule has 1 aromatic rings. The number of nitrogens with zero attached hydrogens (tertiary/aromatic N) is 1. The van der Waals surface area contributed by atoms with Gasteiger partial charge in [0.15, 0.2) is 0 Å². The number of amides is 1. The average molecular weight is 297 g/mol. The molecule has 4 nitrogen and oxygen atoms in total. The Morgan fingerprint density at radius 2 is 2.31 bits per heavy atom. The van der Waals surface area contributed by atoms with E-state index in [0.29, 0.717) is 4.47 Å². The third kappa shape index (κ3) is 3.57. The predicted molar refractivity (Wildman–Crippen MR) is 57.5 cm³/mol. The van der Waals surface area contributed by atoms with Gasteiger partial charge in [0.05, 0.1) is 13.2 Å². The number of halogens is 3. The SMILES string of the molecule is O=C(c1cc(Br)c[nH]1)N(CCO)CC(F)F. The molecule has 1 amide bonds. The molecule has 90 valence electrons. The fraction of sp³-hybridized carbons (Fsp3) is 0.444. The first kappa shape index (κ1) is 13.1. The van der Waals surface area contributed by atoms with Gasteiger partial charge in [0.2, 0.25) is 0 Å². The number of aliphatic hydroxyl groups is 1. The Bertz CT molecular complexity index is 357. The van der Waals surface area contributed by atoms with Gasteiger partial charge in [-0.2, -0.15) is 0 Å². The maximum absolute atomic E-state index is 12.2. The van der Waals surface area contributed by atoms with Crippen molar-refractivity contribution >= 4 is 21.8 Å². The van der Waals surface area contributed by atoms with Crippen LogP contribution < -0.4 is 0 Å². The fourth-order valence-corrected chi connectivity index (χ4v) is 1.57. The first-order valence-electron chi connectivity index (χ1n) is 4.56. The second-order valence-corrected chi connectivity index (χ2v) is 4.01. The van der Waals surface area contributed by atoms with Gasteiger partial charge in [-0.25, -0.2) is 8.78 Å². The normalized spacial score (nSPS) is 10.8. The molecule has 0 fully saturated rings. The minimum Gasteiger partial charge on any atom is -0.395 e. The van der Waals surface area contributed by atoms with Gasteiger partial charge in [0.25, 0.3) is 12.3 Å². The van der Waals surface area contributed by atoms with Gasteiger partial charge in [0, 0.05) is 17.2 Å². The van der Waals surface area contributed by atoms with Crippen molar-refractivity contribution in [2.75, 3.05) is 19.7 Å². The first-order valence-corrected chi connectivity index (χ1v) is 5.36. The maximum atomic E-state index is 12.2. The van der Waals surface area contributed by atoms with Crippen molar-refractivity contribution in [3.8, 4) is 0 Å². The summed E-state index contributed by atoms with van der Waals surface area (Å²) in [6.07, 6.45) is -1.08. The molecule has 0 saturated carbocycles. The fourth-order valence-electron chi connectivity index (χ4n) is 1.22. The summed E-state index contributed by atoms with van der Waals surface area (Å²) < 4.78 is 25.1. The molecule has 0 aliphatic carbocycles. The highest BCUT2D eigenvalue weighted by Crippen LogP contribution is 2.13. The molecule has 0 unspecified atom stereocenters. The summed E-state index contributed by atoms with van der Waals surface area (Å²) >= 11 is 3.14. The minimum atomic E-state index is -2.62. The smallest absolute Gasteiger partial charge is 0.270 e. The number of nitrogens with one attached hydrogen (secondary N) is 1. The van der Waals surface area contributed by atoms with Gasteiger partial charge in [-0.3, -0.25) is 4.79 Å². The highest BCUT2D eigenvalue weighted by atomic mass is 79.9. The Morgan fingerprint density at radius 1 is 1.62 bits per heavy atom. The zero-order chi connectivity index (χ0) is 12.1. The van der Waals surface area contributed by atoms with Gasteiger partial charge in [0.1, 0.15) is 5.69 Å². The summed E-state index contributed by atoms with van der Waals surface area (Å²) in [5, 5.41) is 8.69. The van der Waals surface area contributed by atoms with E-state index in [9.17, 15) is 13.6 Å². The van der Waals surface area contributed by atoms with Crippen molar-refractivity contribution in [1.29, 1.82) is 0 Å². The van der Waals surface area contributed by atoms with Crippen molar-refractivity contribution in [2.45, 2.75) is 6.43 Å². The molecule has 1 heterocycles. The second kappa shape index (κ2) is 5.95. The number of aromatic nitrogens is 1. The Kier molecular flexibility index (Phi) is 4.88. The number of alkyl halides is 2. The third-order valence-electron chi connectivity index (χ3n) is 1.89. The lowest BCUT2D eigenvalue weighted by atomic mass is 10.3. The van der Waals surface area contributed by atoms with Gasteiger partial charge >= 0.3 is 0 Å². The molecule has 0 atom stereocenters. The number of carbonyl (C=O) groups excluding carboxylic acids is 1. The van der Waals surface area contributed by atoms with Crippen LogP contribution in [0.5, 0.6) is 0 Å². The van der Waals surface area contributed by atoms with Crippen LogP contribution in [-0.2, 0) is 0 Å². The molecule has 0 bridgehead atoms. The van der Waals surface area contributed by atoms with E-state index in [1.165, 1.54) is 12.3 Å². The van der Waals surface area contributed by atoms with Crippen LogP contribution in [0.2, 0.25) is 0 Å². The molecule has 2 N–H and O–H groups in total. The van der Waals surface area contributed by atoms with Gasteiger partial charge in [-0.1, -0.05) is 0 Å². The van der Waals surface area contributed by atoms with Gasteiger partial charge in [-0.15, -0.1) is 0 Å². The predicted octanol–water partition coefficient (Wildman–Crippen LogP) is 1.48. The minimum absolute atomic E-state index is 0.111. The van der Waals surface area contributed by atoms with Crippen molar-refractivity contribution in [1.82, 2.24) is 9.88 Å². The van der Waals surface area contributed by atoms with Crippen LogP contribution in [0.3, 0.4) is 0 Å². The molecule has 0 aliphatic rings. The van der Waals surface area contributed by atoms with Gasteiger partial charge in [-0.05, 0) is 22.0 Å². The van der Waals surface area contributed by atoms with Crippen molar-refractivity contribution in [3.05, 3.63) is 22.4 Å². The summed E-state index contributed by atoms with van der Waals surface area (Å²) in [6.45, 7) is -1.14. The zero-order valence-electron chi connectivity index (χ0n) is 8.29. The summed E-state index contributed by atoms with van der Waals surface area (Å²) in [4.78, 5) is 15.3. The number of rotatable bonds is 5. The monoisotopic (exact) mass is 296 g/mol. The number of hydrogen-bond acceptors (Lipinski definition) is 2. The van der Waals surface area contributed by atoms with Crippen LogP contribution in [0.4, 0.5) is 8.78 Å². The molecule has 1 aromatic heterocycles. The van der Waals surface area contributed by atoms with Crippen molar-refractivity contribution in [2.24, 2.45) is 0 Å². The van der Waals surface area contributed by atoms with Gasteiger partial charge < -0.3 is 15.0 Å². The number of aromatic amines is 1. The quantitative estimate of drug-likeness (QED) is 0.865. The number of aliphatic hydroxyl groups excluding tert-OH is 1. The molecule has 0 spiro atoms. The number of H-pyrrole nitrogens is 1. The Hall–Kier alpha value is -0.950. The zero-order valence-corrected chi connectivity index (χ0v) is 9.88. The van der Waals surface area contributed by atoms with Crippen molar-refractivity contribution < 1.29 is 18.7 Å². The van der Waals surface area contributed by atoms with Crippen LogP contribution in [0.1, 0.15) is 10.5 Å². The summed E-state index contributed by atoms with van der Waals surface area (Å²) in [6, 6.07) is 1.50. The molecular weight excluding hydrogens is 286 g/mol. The lowest BCUT2D eigenvalue weighted by molar-refractivity contribution is 0.0505. The van der Waals surface area contributed by atoms with Crippen LogP contribution in [0.25, 0.3) is 0 Å². The Morgan fingerprint density at radius 3 is 2.75 bits per heavy atom. The van der Waals surface area contributed by atoms with Crippen LogP contribution in [0.15, 0.2) is 16.7 Å². The van der Waals surface area contributed by atoms with E-state index < -0.39 is 18.9 Å². The van der Waals surface area contributed by atoms with Crippen LogP contribution >= 0.6 is 15.9 Å². The molecule has 0 radical (unpaired) electrons. The molecule has 7 heteroatoms. The van der Waals surface area contributed by atoms with Crippen LogP contribution in [-0.4, -0.2) is 47.0 Å². The largest absolute Gasteiger partial charge is 0.395 e. The lowest BCUT2D eigenvalue weighted by Gasteiger charge is -2.20. The first-order chi connectivity index (χ1) is 7.54. The van der Waals surface area contributed by atoms with E-state index in [-0.39, 0.29) is 18.8 Å². The third-order valence-corrected chi connectivity index (χ3v) is 2.35. The molecular formula is C9H11BrF2N2O2. The molecule has 0 saturated heterocycles. The van der Waals surface area contributed by atoms with E-state index >= 15 is 0 Å². The number of hydrogen-bond donors (Lipinski definition) is 2. The standard InChI is InChI=1S/C9H11BrF2N2O2/c10-6-3-7(13-4-6)9(16)14(1-2-15)5-8(11)12/h3-4,8,13,15H,1-2,5H2. The van der Waals surface area contributed by atoms with E-state index in [1.54, 1.807) is 0 Å². The van der Waals surface area contributed by atoms with E-state index in [1.807, 2.05) is 0 Å². The second-order valence-electron chi connectivity index (χ2n) is 3.10. The summed E-state index contributed by atoms with van der Waals surface area (Å²) in [5.41, 5.74) is 0.209. The molecule has 1 rings (SSSR count). The maximum Gasteiger partial charge on any atom is 0.270 e. The highest BCUT2D eigenvalue weighted by Gasteiger charge is 2.20. The van der Waals surface area contributed by atoms with Crippen molar-refractivity contribution in [3.63, 3.8) is 0 Å². The summed E-state index contributed by atoms with van der Waals surface area (Å²) in [7, 11) is 0. The molecule has 16 heavy (non-hydrogen) atoms. The average Bonchev–Trinajstić information content (AvgIpc) is 2.62. The van der Waals surface area contributed by atoms with E-state index in [2.05, 4.69) is 20.9 Å². The van der Waals surface area contributed by atoms with Crippen LogP contribution in [0, 0.1) is 0 Å². The molecule has 0 aliphatic heterocycles. The highest BCUT2D eigenvalue weighted by molar-refractivity contribution is 9.10. The summed E-state index contributed by atoms with van der Waals surface area (Å²) in [5.74, 6) is -0.556. The van der Waals surface area contributed by atoms with E-state index in [4.69, 9.17) is 5.11 Å². The van der Waals surface area contributed by atoms with E-state index in [0.717, 1.165) is 4.90 Å². The topological polar surface area (TPSA) is 56.3 Å².